The number of carbonyl (C=O) groups is 2. The monoisotopic (exact) mass is 595 g/mol. The molecule has 1 aliphatic heterocycles. The van der Waals surface area contributed by atoms with Crippen LogP contribution in [0.15, 0.2) is 90.1 Å². The first kappa shape index (κ1) is 30.5. The summed E-state index contributed by atoms with van der Waals surface area (Å²) in [6.07, 6.45) is 5.28. The van der Waals surface area contributed by atoms with Gasteiger partial charge in [-0.15, -0.1) is 10.2 Å². The first-order valence-electron chi connectivity index (χ1n) is 15.4. The maximum atomic E-state index is 13.2. The Bertz CT molecular complexity index is 1470. The van der Waals surface area contributed by atoms with Crippen molar-refractivity contribution in [3.8, 4) is 5.69 Å². The number of hydrogen-bond donors (Lipinski definition) is 0. The Labute approximate surface area is 259 Å². The number of benzene rings is 3. The van der Waals surface area contributed by atoms with E-state index in [1.807, 2.05) is 65.3 Å². The predicted molar refractivity (Wildman–Crippen MR) is 173 cm³/mol. The zero-order valence-electron chi connectivity index (χ0n) is 25.2. The van der Waals surface area contributed by atoms with Crippen LogP contribution in [0.5, 0.6) is 0 Å². The highest BCUT2D eigenvalue weighted by molar-refractivity contribution is 7.99. The highest BCUT2D eigenvalue weighted by Crippen LogP contribution is 2.25. The highest BCUT2D eigenvalue weighted by atomic mass is 32.2. The summed E-state index contributed by atoms with van der Waals surface area (Å²) in [5.41, 5.74) is 4.21. The molecule has 2 amide bonds. The first-order chi connectivity index (χ1) is 21.0. The fourth-order valence-corrected chi connectivity index (χ4v) is 6.42. The number of thioether (sulfide) groups is 1. The lowest BCUT2D eigenvalue weighted by Gasteiger charge is -2.40. The molecule has 0 radical (unpaired) electrons. The molecule has 1 aliphatic rings. The Balaban J connectivity index is 1.12. The number of nitrogens with zero attached hydrogens (tertiary/aromatic N) is 5. The van der Waals surface area contributed by atoms with Crippen LogP contribution in [-0.2, 0) is 17.6 Å². The van der Waals surface area contributed by atoms with Crippen molar-refractivity contribution in [2.75, 3.05) is 25.4 Å². The summed E-state index contributed by atoms with van der Waals surface area (Å²) in [6, 6.07) is 28.5. The van der Waals surface area contributed by atoms with Gasteiger partial charge in [-0.1, -0.05) is 85.8 Å². The highest BCUT2D eigenvalue weighted by Gasteiger charge is 2.30. The van der Waals surface area contributed by atoms with E-state index in [2.05, 4.69) is 58.1 Å². The molecule has 1 unspecified atom stereocenters. The minimum atomic E-state index is -0.0215. The molecule has 1 saturated heterocycles. The molecule has 0 spiro atoms. The van der Waals surface area contributed by atoms with E-state index < -0.39 is 0 Å². The lowest BCUT2D eigenvalue weighted by molar-refractivity contribution is -0.133. The van der Waals surface area contributed by atoms with E-state index in [1.54, 1.807) is 11.8 Å². The van der Waals surface area contributed by atoms with E-state index in [9.17, 15) is 9.59 Å². The lowest BCUT2D eigenvalue weighted by Crippen LogP contribution is -2.55. The largest absolute Gasteiger partial charge is 0.339 e. The molecule has 0 saturated carbocycles. The van der Waals surface area contributed by atoms with Crippen LogP contribution in [0, 0.1) is 0 Å². The van der Waals surface area contributed by atoms with Gasteiger partial charge in [0.2, 0.25) is 5.91 Å². The summed E-state index contributed by atoms with van der Waals surface area (Å²) >= 11 is 1.64. The Kier molecular flexibility index (Phi) is 10.7. The molecule has 1 atom stereocenters. The summed E-state index contributed by atoms with van der Waals surface area (Å²) in [7, 11) is 0. The lowest BCUT2D eigenvalue weighted by atomic mass is 10.0. The van der Waals surface area contributed by atoms with E-state index in [-0.39, 0.29) is 17.9 Å². The Hall–Kier alpha value is -3.91. The standard InChI is InChI=1S/C35H41N5O2S/c1-3-4-12-28-18-20-30(21-19-28)34(42)39-23-22-38(26-27(39)2)33(41)17-11-24-43-35-37-36-32(25-29-13-7-5-8-14-29)40(35)31-15-9-6-10-16-31/h5-10,13-16,18-21,27H,3-4,11-12,17,22-26H2,1-2H3. The molecule has 0 N–H and O–H groups in total. The van der Waals surface area contributed by atoms with Crippen molar-refractivity contribution in [3.05, 3.63) is 107 Å². The van der Waals surface area contributed by atoms with Crippen LogP contribution in [0.25, 0.3) is 5.69 Å². The van der Waals surface area contributed by atoms with Crippen molar-refractivity contribution in [1.82, 2.24) is 24.6 Å². The van der Waals surface area contributed by atoms with Crippen LogP contribution in [0.3, 0.4) is 0 Å². The topological polar surface area (TPSA) is 71.3 Å². The minimum Gasteiger partial charge on any atom is -0.339 e. The zero-order valence-corrected chi connectivity index (χ0v) is 26.0. The molecule has 7 nitrogen and oxygen atoms in total. The van der Waals surface area contributed by atoms with Gasteiger partial charge in [-0.2, -0.15) is 0 Å². The summed E-state index contributed by atoms with van der Waals surface area (Å²) in [4.78, 5) is 30.1. The number of para-hydroxylation sites is 1. The molecule has 224 valence electrons. The van der Waals surface area contributed by atoms with Gasteiger partial charge in [0.15, 0.2) is 5.16 Å². The quantitative estimate of drug-likeness (QED) is 0.139. The van der Waals surface area contributed by atoms with Gasteiger partial charge in [0.25, 0.3) is 5.91 Å². The molecular weight excluding hydrogens is 554 g/mol. The fourth-order valence-electron chi connectivity index (χ4n) is 5.51. The molecule has 1 fully saturated rings. The second-order valence-electron chi connectivity index (χ2n) is 11.2. The van der Waals surface area contributed by atoms with Crippen molar-refractivity contribution in [3.63, 3.8) is 0 Å². The third-order valence-corrected chi connectivity index (χ3v) is 8.96. The van der Waals surface area contributed by atoms with Crippen LogP contribution < -0.4 is 0 Å². The Morgan fingerprint density at radius 2 is 1.58 bits per heavy atom. The van der Waals surface area contributed by atoms with Gasteiger partial charge in [-0.3, -0.25) is 14.2 Å². The van der Waals surface area contributed by atoms with Crippen molar-refractivity contribution in [1.29, 1.82) is 0 Å². The van der Waals surface area contributed by atoms with Crippen molar-refractivity contribution in [2.24, 2.45) is 0 Å². The van der Waals surface area contributed by atoms with Crippen LogP contribution in [-0.4, -0.2) is 67.8 Å². The normalized spacial score (nSPS) is 15.1. The van der Waals surface area contributed by atoms with Crippen LogP contribution in [0.4, 0.5) is 0 Å². The summed E-state index contributed by atoms with van der Waals surface area (Å²) in [5.74, 6) is 1.86. The van der Waals surface area contributed by atoms with Gasteiger partial charge < -0.3 is 9.80 Å². The van der Waals surface area contributed by atoms with Gasteiger partial charge >= 0.3 is 0 Å². The predicted octanol–water partition coefficient (Wildman–Crippen LogP) is 6.45. The number of rotatable bonds is 12. The average Bonchev–Trinajstić information content (AvgIpc) is 3.44. The van der Waals surface area contributed by atoms with Gasteiger partial charge in [0, 0.05) is 55.5 Å². The van der Waals surface area contributed by atoms with Crippen molar-refractivity contribution in [2.45, 2.75) is 63.6 Å². The number of aromatic nitrogens is 3. The summed E-state index contributed by atoms with van der Waals surface area (Å²) in [5, 5.41) is 9.88. The number of carbonyl (C=O) groups excluding carboxylic acids is 2. The zero-order chi connectivity index (χ0) is 30.0. The van der Waals surface area contributed by atoms with Gasteiger partial charge in [-0.25, -0.2) is 0 Å². The van der Waals surface area contributed by atoms with Gasteiger partial charge in [0.1, 0.15) is 5.82 Å². The third-order valence-electron chi connectivity index (χ3n) is 7.95. The second kappa shape index (κ2) is 15.0. The van der Waals surface area contributed by atoms with Crippen LogP contribution in [0.1, 0.15) is 66.8 Å². The van der Waals surface area contributed by atoms with E-state index in [0.717, 1.165) is 53.7 Å². The molecule has 5 rings (SSSR count). The summed E-state index contributed by atoms with van der Waals surface area (Å²) in [6.45, 7) is 5.92. The minimum absolute atomic E-state index is 0.0215. The van der Waals surface area contributed by atoms with Crippen LogP contribution >= 0.6 is 11.8 Å². The number of aryl methyl sites for hydroxylation is 1. The van der Waals surface area contributed by atoms with Gasteiger partial charge in [0.05, 0.1) is 0 Å². The first-order valence-corrected chi connectivity index (χ1v) is 16.4. The molecule has 4 aromatic rings. The molecule has 8 heteroatoms. The SMILES string of the molecule is CCCCc1ccc(C(=O)N2CCN(C(=O)CCCSc3nnc(Cc4ccccc4)n3-c3ccccc3)CC2C)cc1. The molecule has 43 heavy (non-hydrogen) atoms. The molecule has 3 aromatic carbocycles. The second-order valence-corrected chi connectivity index (χ2v) is 12.2. The molecular formula is C35H41N5O2S. The van der Waals surface area contributed by atoms with E-state index in [4.69, 9.17) is 0 Å². The molecule has 1 aromatic heterocycles. The average molecular weight is 596 g/mol. The maximum absolute atomic E-state index is 13.2. The number of unbranched alkanes of at least 4 members (excludes halogenated alkanes) is 1. The van der Waals surface area contributed by atoms with E-state index in [0.29, 0.717) is 32.5 Å². The van der Waals surface area contributed by atoms with Crippen molar-refractivity contribution < 1.29 is 9.59 Å². The van der Waals surface area contributed by atoms with E-state index >= 15 is 0 Å². The molecule has 2 heterocycles. The molecule has 0 aliphatic carbocycles. The van der Waals surface area contributed by atoms with Crippen molar-refractivity contribution >= 4 is 23.6 Å². The number of amides is 2. The smallest absolute Gasteiger partial charge is 0.254 e. The summed E-state index contributed by atoms with van der Waals surface area (Å²) < 4.78 is 2.12. The number of hydrogen-bond acceptors (Lipinski definition) is 5. The third kappa shape index (κ3) is 7.93. The Morgan fingerprint density at radius 3 is 2.28 bits per heavy atom. The van der Waals surface area contributed by atoms with E-state index in [1.165, 1.54) is 11.1 Å². The maximum Gasteiger partial charge on any atom is 0.254 e. The molecule has 0 bridgehead atoms. The van der Waals surface area contributed by atoms with Crippen LogP contribution in [0.2, 0.25) is 0 Å². The number of piperazine rings is 1. The van der Waals surface area contributed by atoms with Gasteiger partial charge in [-0.05, 0) is 61.6 Å². The fraction of sp³-hybridized carbons (Fsp3) is 0.371. The Morgan fingerprint density at radius 1 is 0.860 bits per heavy atom.